The fourth-order valence-electron chi connectivity index (χ4n) is 3.42. The molecule has 148 valence electrons. The van der Waals surface area contributed by atoms with Crippen molar-refractivity contribution in [3.05, 3.63) is 28.4 Å². The van der Waals surface area contributed by atoms with Gasteiger partial charge in [-0.2, -0.15) is 5.10 Å². The molecule has 0 N–H and O–H groups in total. The molecule has 0 bridgehead atoms. The van der Waals surface area contributed by atoms with Gasteiger partial charge in [-0.05, 0) is 37.0 Å². The summed E-state index contributed by atoms with van der Waals surface area (Å²) in [5.74, 6) is 0. The second kappa shape index (κ2) is 6.90. The minimum Gasteiger partial charge on any atom is -0.412 e. The Morgan fingerprint density at radius 3 is 2.67 bits per heavy atom. The molecule has 8 heteroatoms. The number of hydrogen-bond donors (Lipinski definition) is 0. The zero-order valence-corrected chi connectivity index (χ0v) is 18.2. The monoisotopic (exact) mass is 390 g/mol. The Kier molecular flexibility index (Phi) is 5.07. The second-order valence-electron chi connectivity index (χ2n) is 9.05. The quantitative estimate of drug-likeness (QED) is 0.437. The molecule has 1 aliphatic rings. The summed E-state index contributed by atoms with van der Waals surface area (Å²) in [6.07, 6.45) is 3.89. The number of fused-ring (bicyclic) bond motifs is 1. The van der Waals surface area contributed by atoms with E-state index >= 15 is 0 Å². The molecule has 0 radical (unpaired) electrons. The Balaban J connectivity index is 1.89. The third kappa shape index (κ3) is 4.01. The van der Waals surface area contributed by atoms with Crippen LogP contribution in [0.3, 0.4) is 0 Å². The molecule has 2 heterocycles. The van der Waals surface area contributed by atoms with Gasteiger partial charge < -0.3 is 9.33 Å². The molecule has 27 heavy (non-hydrogen) atoms. The van der Waals surface area contributed by atoms with Gasteiger partial charge in [-0.25, -0.2) is 0 Å². The number of piperidine rings is 1. The van der Waals surface area contributed by atoms with Crippen LogP contribution in [0.15, 0.2) is 18.3 Å². The fraction of sp³-hybridized carbons (Fsp3) is 0.632. The summed E-state index contributed by atoms with van der Waals surface area (Å²) in [6, 6.07) is 3.48. The summed E-state index contributed by atoms with van der Waals surface area (Å²) in [4.78, 5) is 13.5. The number of nitro groups is 1. The Morgan fingerprint density at radius 2 is 2.04 bits per heavy atom. The SMILES string of the molecule is Cn1cc2cc([N+](=O)[O-])c(N3CCCC(O[Si](C)(C)C(C)(C)C)C3)cc2n1. The van der Waals surface area contributed by atoms with Crippen molar-refractivity contribution in [1.29, 1.82) is 0 Å². The first-order valence-corrected chi connectivity index (χ1v) is 12.4. The first-order valence-electron chi connectivity index (χ1n) is 9.52. The smallest absolute Gasteiger partial charge is 0.293 e. The Morgan fingerprint density at radius 1 is 1.33 bits per heavy atom. The van der Waals surface area contributed by atoms with Crippen LogP contribution in [0, 0.1) is 10.1 Å². The predicted molar refractivity (Wildman–Crippen MR) is 111 cm³/mol. The molecule has 1 aromatic heterocycles. The van der Waals surface area contributed by atoms with E-state index in [-0.39, 0.29) is 21.8 Å². The molecule has 0 aliphatic carbocycles. The van der Waals surface area contributed by atoms with E-state index in [4.69, 9.17) is 4.43 Å². The van der Waals surface area contributed by atoms with Gasteiger partial charge in [-0.15, -0.1) is 0 Å². The average Bonchev–Trinajstić information content (AvgIpc) is 2.91. The van der Waals surface area contributed by atoms with Crippen molar-refractivity contribution >= 4 is 30.6 Å². The van der Waals surface area contributed by atoms with Crippen LogP contribution in [-0.4, -0.2) is 42.2 Å². The number of aromatic nitrogens is 2. The van der Waals surface area contributed by atoms with E-state index in [1.807, 2.05) is 19.3 Å². The van der Waals surface area contributed by atoms with E-state index in [0.717, 1.165) is 30.3 Å². The van der Waals surface area contributed by atoms with E-state index in [9.17, 15) is 10.1 Å². The van der Waals surface area contributed by atoms with Crippen LogP contribution in [0.25, 0.3) is 10.9 Å². The molecule has 1 unspecified atom stereocenters. The highest BCUT2D eigenvalue weighted by molar-refractivity contribution is 6.74. The van der Waals surface area contributed by atoms with E-state index in [1.165, 1.54) is 0 Å². The summed E-state index contributed by atoms with van der Waals surface area (Å²) in [5, 5.41) is 17.0. The standard InChI is InChI=1S/C19H30N4O3Si/c1-19(2,3)27(5,6)26-15-8-7-9-22(13-15)17-11-16-14(12-21(4)20-16)10-18(17)23(24)25/h10-12,15H,7-9,13H2,1-6H3. The lowest BCUT2D eigenvalue weighted by Gasteiger charge is -2.42. The zero-order chi connectivity index (χ0) is 20.0. The predicted octanol–water partition coefficient (Wildman–Crippen LogP) is 4.47. The Labute approximate surface area is 161 Å². The maximum Gasteiger partial charge on any atom is 0.293 e. The van der Waals surface area contributed by atoms with Crippen LogP contribution < -0.4 is 4.90 Å². The maximum atomic E-state index is 11.7. The van der Waals surface area contributed by atoms with E-state index in [1.54, 1.807) is 10.7 Å². The number of hydrogen-bond acceptors (Lipinski definition) is 5. The first kappa shape index (κ1) is 19.8. The molecule has 1 atom stereocenters. The molecule has 1 fully saturated rings. The Hall–Kier alpha value is -1.93. The van der Waals surface area contributed by atoms with Crippen molar-refractivity contribution in [2.24, 2.45) is 7.05 Å². The van der Waals surface area contributed by atoms with Gasteiger partial charge in [0.15, 0.2) is 8.32 Å². The van der Waals surface area contributed by atoms with Crippen molar-refractivity contribution in [3.63, 3.8) is 0 Å². The second-order valence-corrected chi connectivity index (χ2v) is 13.8. The topological polar surface area (TPSA) is 73.4 Å². The van der Waals surface area contributed by atoms with Gasteiger partial charge in [0.05, 0.1) is 16.5 Å². The molecule has 0 amide bonds. The van der Waals surface area contributed by atoms with Crippen LogP contribution in [0.5, 0.6) is 0 Å². The minimum absolute atomic E-state index is 0.110. The van der Waals surface area contributed by atoms with E-state index < -0.39 is 8.32 Å². The lowest BCUT2D eigenvalue weighted by molar-refractivity contribution is -0.384. The van der Waals surface area contributed by atoms with Gasteiger partial charge in [-0.3, -0.25) is 14.8 Å². The van der Waals surface area contributed by atoms with Gasteiger partial charge >= 0.3 is 0 Å². The molecule has 2 aromatic rings. The van der Waals surface area contributed by atoms with Gasteiger partial charge in [0.2, 0.25) is 0 Å². The van der Waals surface area contributed by atoms with Crippen molar-refractivity contribution in [1.82, 2.24) is 9.78 Å². The summed E-state index contributed by atoms with van der Waals surface area (Å²) in [5.41, 5.74) is 1.57. The molecular formula is C19H30N4O3Si. The third-order valence-electron chi connectivity index (χ3n) is 5.90. The number of anilines is 1. The molecule has 1 aliphatic heterocycles. The summed E-state index contributed by atoms with van der Waals surface area (Å²) < 4.78 is 8.29. The van der Waals surface area contributed by atoms with Crippen molar-refractivity contribution < 1.29 is 9.35 Å². The molecule has 0 spiro atoms. The Bertz CT molecular complexity index is 856. The van der Waals surface area contributed by atoms with Gasteiger partial charge in [0.25, 0.3) is 5.69 Å². The summed E-state index contributed by atoms with van der Waals surface area (Å²) in [6.45, 7) is 12.7. The first-order chi connectivity index (χ1) is 12.5. The lowest BCUT2D eigenvalue weighted by atomic mass is 10.1. The number of rotatable bonds is 4. The van der Waals surface area contributed by atoms with Crippen LogP contribution in [0.1, 0.15) is 33.6 Å². The van der Waals surface area contributed by atoms with Crippen LogP contribution in [0.2, 0.25) is 18.1 Å². The van der Waals surface area contributed by atoms with Crippen LogP contribution >= 0.6 is 0 Å². The molecule has 1 aromatic carbocycles. The average molecular weight is 391 g/mol. The van der Waals surface area contributed by atoms with Gasteiger partial charge in [0, 0.05) is 37.8 Å². The van der Waals surface area contributed by atoms with Gasteiger partial charge in [-0.1, -0.05) is 20.8 Å². The largest absolute Gasteiger partial charge is 0.412 e. The molecule has 0 saturated carbocycles. The van der Waals surface area contributed by atoms with Crippen molar-refractivity contribution in [2.45, 2.75) is 57.8 Å². The molecule has 3 rings (SSSR count). The summed E-state index contributed by atoms with van der Waals surface area (Å²) in [7, 11) is -0.0460. The number of nitrogens with zero attached hydrogens (tertiary/aromatic N) is 4. The minimum atomic E-state index is -1.87. The molecule has 7 nitrogen and oxygen atoms in total. The number of nitro benzene ring substituents is 1. The van der Waals surface area contributed by atoms with E-state index in [0.29, 0.717) is 12.2 Å². The summed E-state index contributed by atoms with van der Waals surface area (Å²) >= 11 is 0. The fourth-order valence-corrected chi connectivity index (χ4v) is 4.80. The van der Waals surface area contributed by atoms with E-state index in [2.05, 4.69) is 43.9 Å². The molecular weight excluding hydrogens is 360 g/mol. The number of aryl methyl sites for hydroxylation is 1. The van der Waals surface area contributed by atoms with Crippen molar-refractivity contribution in [2.75, 3.05) is 18.0 Å². The molecule has 1 saturated heterocycles. The third-order valence-corrected chi connectivity index (χ3v) is 10.4. The zero-order valence-electron chi connectivity index (χ0n) is 17.2. The highest BCUT2D eigenvalue weighted by Crippen LogP contribution is 2.39. The lowest BCUT2D eigenvalue weighted by Crippen LogP contribution is -2.49. The number of benzene rings is 1. The highest BCUT2D eigenvalue weighted by atomic mass is 28.4. The van der Waals surface area contributed by atoms with Gasteiger partial charge in [0.1, 0.15) is 5.69 Å². The van der Waals surface area contributed by atoms with Crippen LogP contribution in [-0.2, 0) is 11.5 Å². The highest BCUT2D eigenvalue weighted by Gasteiger charge is 2.40. The van der Waals surface area contributed by atoms with Crippen molar-refractivity contribution in [3.8, 4) is 0 Å². The maximum absolute atomic E-state index is 11.7. The van der Waals surface area contributed by atoms with Crippen LogP contribution in [0.4, 0.5) is 11.4 Å². The normalized spacial score (nSPS) is 18.9.